The average Bonchev–Trinajstić information content (AvgIpc) is 3.14. The number of H-pyrrole nitrogens is 1. The molecule has 0 unspecified atom stereocenters. The summed E-state index contributed by atoms with van der Waals surface area (Å²) in [5.41, 5.74) is 0.358. The van der Waals surface area contributed by atoms with Crippen LogP contribution in [0, 0.1) is 6.92 Å². The lowest BCUT2D eigenvalue weighted by Crippen LogP contribution is -2.21. The summed E-state index contributed by atoms with van der Waals surface area (Å²) in [7, 11) is 3.23. The number of hydrogen-bond acceptors (Lipinski definition) is 7. The summed E-state index contributed by atoms with van der Waals surface area (Å²) in [6.07, 6.45) is 1.62. The number of rotatable bonds is 5. The van der Waals surface area contributed by atoms with E-state index in [-0.39, 0.29) is 5.56 Å². The molecule has 0 aromatic carbocycles. The van der Waals surface area contributed by atoms with Gasteiger partial charge < -0.3 is 14.1 Å². The number of nitrogens with zero attached hydrogens (tertiary/aromatic N) is 2. The molecule has 3 heterocycles. The molecule has 0 amide bonds. The maximum atomic E-state index is 12.4. The van der Waals surface area contributed by atoms with Gasteiger partial charge in [-0.05, 0) is 31.7 Å². The third-order valence-electron chi connectivity index (χ3n) is 3.65. The number of nitrogens with one attached hydrogen (secondary N) is 1. The molecule has 0 radical (unpaired) electrons. The van der Waals surface area contributed by atoms with Gasteiger partial charge in [0.15, 0.2) is 0 Å². The first-order valence-corrected chi connectivity index (χ1v) is 8.12. The molecule has 24 heavy (non-hydrogen) atoms. The third-order valence-corrected chi connectivity index (χ3v) is 4.81. The summed E-state index contributed by atoms with van der Waals surface area (Å²) in [6, 6.07) is 3.72. The van der Waals surface area contributed by atoms with Crippen molar-refractivity contribution in [2.24, 2.45) is 0 Å². The maximum Gasteiger partial charge on any atom is 0.348 e. The number of ether oxygens (including phenoxy) is 1. The summed E-state index contributed by atoms with van der Waals surface area (Å²) in [5.74, 6) is 0.923. The molecule has 0 aliphatic heterocycles. The van der Waals surface area contributed by atoms with Crippen LogP contribution in [0.1, 0.15) is 26.8 Å². The van der Waals surface area contributed by atoms with Crippen LogP contribution >= 0.6 is 11.3 Å². The van der Waals surface area contributed by atoms with E-state index in [4.69, 9.17) is 9.15 Å². The zero-order valence-electron chi connectivity index (χ0n) is 13.6. The number of aromatic amines is 1. The van der Waals surface area contributed by atoms with Crippen LogP contribution in [0.25, 0.3) is 10.2 Å². The standard InChI is InChI=1S/C16H17N3O4S/c1-9-12-14(20)17-11(8-19(2)7-10-5-4-6-23-10)18-15(12)24-13(9)16(21)22-3/h4-6H,7-8H2,1-3H3,(H,17,18,20). The monoisotopic (exact) mass is 347 g/mol. The molecular formula is C16H17N3O4S. The average molecular weight is 347 g/mol. The number of carbonyl (C=O) groups is 1. The summed E-state index contributed by atoms with van der Waals surface area (Å²) < 4.78 is 10.1. The van der Waals surface area contributed by atoms with Gasteiger partial charge in [-0.1, -0.05) is 0 Å². The van der Waals surface area contributed by atoms with Gasteiger partial charge >= 0.3 is 5.97 Å². The summed E-state index contributed by atoms with van der Waals surface area (Å²) >= 11 is 1.17. The van der Waals surface area contributed by atoms with Crippen molar-refractivity contribution in [1.29, 1.82) is 0 Å². The van der Waals surface area contributed by atoms with Crippen molar-refractivity contribution in [2.75, 3.05) is 14.2 Å². The number of thiophene rings is 1. The maximum absolute atomic E-state index is 12.4. The van der Waals surface area contributed by atoms with Gasteiger partial charge in [0.1, 0.15) is 21.3 Å². The lowest BCUT2D eigenvalue weighted by Gasteiger charge is -2.14. The van der Waals surface area contributed by atoms with Crippen molar-refractivity contribution < 1.29 is 13.9 Å². The number of carbonyl (C=O) groups excluding carboxylic acids is 1. The fraction of sp³-hybridized carbons (Fsp3) is 0.312. The molecule has 0 bridgehead atoms. The zero-order chi connectivity index (χ0) is 17.3. The van der Waals surface area contributed by atoms with E-state index in [1.54, 1.807) is 13.2 Å². The Kier molecular flexibility index (Phi) is 4.50. The van der Waals surface area contributed by atoms with Crippen LogP contribution in [0.2, 0.25) is 0 Å². The zero-order valence-corrected chi connectivity index (χ0v) is 14.4. The van der Waals surface area contributed by atoms with E-state index in [2.05, 4.69) is 9.97 Å². The Morgan fingerprint density at radius 1 is 1.46 bits per heavy atom. The molecule has 3 aromatic rings. The minimum atomic E-state index is -0.452. The Bertz CT molecular complexity index is 927. The van der Waals surface area contributed by atoms with Gasteiger partial charge in [-0.2, -0.15) is 0 Å². The molecular weight excluding hydrogens is 330 g/mol. The molecule has 126 valence electrons. The van der Waals surface area contributed by atoms with E-state index in [9.17, 15) is 9.59 Å². The smallest absolute Gasteiger partial charge is 0.348 e. The minimum absolute atomic E-state index is 0.245. The highest BCUT2D eigenvalue weighted by Gasteiger charge is 2.20. The SMILES string of the molecule is COC(=O)c1sc2nc(CN(C)Cc3ccco3)[nH]c(=O)c2c1C. The van der Waals surface area contributed by atoms with Crippen molar-refractivity contribution in [2.45, 2.75) is 20.0 Å². The molecule has 0 atom stereocenters. The predicted molar refractivity (Wildman–Crippen MR) is 90.2 cm³/mol. The van der Waals surface area contributed by atoms with Gasteiger partial charge in [-0.15, -0.1) is 11.3 Å². The molecule has 0 saturated heterocycles. The van der Waals surface area contributed by atoms with E-state index in [0.717, 1.165) is 5.76 Å². The quantitative estimate of drug-likeness (QED) is 0.713. The lowest BCUT2D eigenvalue weighted by molar-refractivity contribution is 0.0605. The molecule has 1 N–H and O–H groups in total. The fourth-order valence-corrected chi connectivity index (χ4v) is 3.65. The second-order valence-electron chi connectivity index (χ2n) is 5.49. The van der Waals surface area contributed by atoms with Gasteiger partial charge in [-0.25, -0.2) is 9.78 Å². The largest absolute Gasteiger partial charge is 0.468 e. The topological polar surface area (TPSA) is 88.4 Å². The number of hydrogen-bond donors (Lipinski definition) is 1. The first-order valence-electron chi connectivity index (χ1n) is 7.31. The number of esters is 1. The lowest BCUT2D eigenvalue weighted by atomic mass is 10.2. The normalized spacial score (nSPS) is 11.3. The van der Waals surface area contributed by atoms with Crippen molar-refractivity contribution in [3.05, 3.63) is 50.8 Å². The van der Waals surface area contributed by atoms with Gasteiger partial charge in [0.05, 0.1) is 31.8 Å². The molecule has 3 rings (SSSR count). The van der Waals surface area contributed by atoms with Crippen molar-refractivity contribution in [1.82, 2.24) is 14.9 Å². The Hall–Kier alpha value is -2.45. The number of methoxy groups -OCH3 is 1. The van der Waals surface area contributed by atoms with E-state index in [1.807, 2.05) is 24.1 Å². The van der Waals surface area contributed by atoms with Crippen molar-refractivity contribution in [3.63, 3.8) is 0 Å². The van der Waals surface area contributed by atoms with Crippen molar-refractivity contribution in [3.8, 4) is 0 Å². The van der Waals surface area contributed by atoms with E-state index >= 15 is 0 Å². The molecule has 8 heteroatoms. The van der Waals surface area contributed by atoms with E-state index < -0.39 is 5.97 Å². The highest BCUT2D eigenvalue weighted by molar-refractivity contribution is 7.20. The van der Waals surface area contributed by atoms with E-state index in [1.165, 1.54) is 18.4 Å². The van der Waals surface area contributed by atoms with Crippen LogP contribution in [-0.2, 0) is 17.8 Å². The van der Waals surface area contributed by atoms with Crippen LogP contribution in [0.5, 0.6) is 0 Å². The van der Waals surface area contributed by atoms with Crippen LogP contribution in [-0.4, -0.2) is 35.0 Å². The second-order valence-corrected chi connectivity index (χ2v) is 6.49. The molecule has 0 aliphatic carbocycles. The van der Waals surface area contributed by atoms with Crippen LogP contribution in [0.4, 0.5) is 0 Å². The first kappa shape index (κ1) is 16.4. The van der Waals surface area contributed by atoms with Crippen molar-refractivity contribution >= 4 is 27.5 Å². The van der Waals surface area contributed by atoms with E-state index in [0.29, 0.717) is 39.6 Å². The van der Waals surface area contributed by atoms with Crippen LogP contribution < -0.4 is 5.56 Å². The fourth-order valence-electron chi connectivity index (χ4n) is 2.53. The summed E-state index contributed by atoms with van der Waals surface area (Å²) in [4.78, 5) is 34.3. The predicted octanol–water partition coefficient (Wildman–Crippen LogP) is 2.30. The molecule has 0 aliphatic rings. The highest BCUT2D eigenvalue weighted by atomic mass is 32.1. The first-order chi connectivity index (χ1) is 11.5. The Morgan fingerprint density at radius 3 is 2.92 bits per heavy atom. The third kappa shape index (κ3) is 3.10. The Balaban J connectivity index is 1.90. The Morgan fingerprint density at radius 2 is 2.25 bits per heavy atom. The molecule has 3 aromatic heterocycles. The number of aryl methyl sites for hydroxylation is 1. The summed E-state index contributed by atoms with van der Waals surface area (Å²) in [6.45, 7) is 2.78. The Labute approximate surface area is 141 Å². The molecule has 0 spiro atoms. The van der Waals surface area contributed by atoms with Crippen LogP contribution in [0.3, 0.4) is 0 Å². The van der Waals surface area contributed by atoms with Gasteiger partial charge in [-0.3, -0.25) is 9.69 Å². The molecule has 0 fully saturated rings. The number of fused-ring (bicyclic) bond motifs is 1. The molecule has 0 saturated carbocycles. The molecule has 7 nitrogen and oxygen atoms in total. The van der Waals surface area contributed by atoms with Gasteiger partial charge in [0.2, 0.25) is 0 Å². The summed E-state index contributed by atoms with van der Waals surface area (Å²) in [5, 5.41) is 0.442. The second kappa shape index (κ2) is 6.58. The number of aromatic nitrogens is 2. The van der Waals surface area contributed by atoms with Gasteiger partial charge in [0.25, 0.3) is 5.56 Å². The highest BCUT2D eigenvalue weighted by Crippen LogP contribution is 2.27. The minimum Gasteiger partial charge on any atom is -0.468 e. The van der Waals surface area contributed by atoms with Gasteiger partial charge in [0, 0.05) is 0 Å². The number of furan rings is 1. The van der Waals surface area contributed by atoms with Crippen LogP contribution in [0.15, 0.2) is 27.6 Å².